The zero-order chi connectivity index (χ0) is 14.7. The average Bonchev–Trinajstić information content (AvgIpc) is 3.03. The molecule has 0 saturated heterocycles. The van der Waals surface area contributed by atoms with Crippen LogP contribution in [0.25, 0.3) is 0 Å². The number of thiophene rings is 1. The highest BCUT2D eigenvalue weighted by Gasteiger charge is 2.26. The summed E-state index contributed by atoms with van der Waals surface area (Å²) in [6.07, 6.45) is 10.2. The molecule has 2 unspecified atom stereocenters. The van der Waals surface area contributed by atoms with Gasteiger partial charge in [-0.1, -0.05) is 19.3 Å². The maximum atomic E-state index is 12.3. The van der Waals surface area contributed by atoms with Crippen LogP contribution in [-0.4, -0.2) is 23.7 Å². The van der Waals surface area contributed by atoms with Gasteiger partial charge in [-0.05, 0) is 50.2 Å². The van der Waals surface area contributed by atoms with Crippen molar-refractivity contribution in [1.82, 2.24) is 5.32 Å². The van der Waals surface area contributed by atoms with Crippen LogP contribution in [0.1, 0.15) is 65.1 Å². The number of amides is 1. The van der Waals surface area contributed by atoms with Crippen molar-refractivity contribution >= 4 is 17.2 Å². The summed E-state index contributed by atoms with van der Waals surface area (Å²) in [5, 5.41) is 12.8. The van der Waals surface area contributed by atoms with Gasteiger partial charge in [0, 0.05) is 17.3 Å². The standard InChI is InChI=1S/C17H25NO2S/c19-14-8-5-7-13(14)11-18-17(20)16-10-12-6-3-1-2-4-9-15(12)21-16/h10,13-14,19H,1-9,11H2,(H,18,20). The summed E-state index contributed by atoms with van der Waals surface area (Å²) in [4.78, 5) is 14.6. The maximum absolute atomic E-state index is 12.3. The van der Waals surface area contributed by atoms with Gasteiger partial charge in [-0.3, -0.25) is 4.79 Å². The first-order valence-electron chi connectivity index (χ1n) is 8.32. The number of aliphatic hydroxyl groups excluding tert-OH is 1. The minimum Gasteiger partial charge on any atom is -0.393 e. The largest absolute Gasteiger partial charge is 0.393 e. The monoisotopic (exact) mass is 307 g/mol. The van der Waals surface area contributed by atoms with Crippen molar-refractivity contribution in [3.63, 3.8) is 0 Å². The lowest BCUT2D eigenvalue weighted by Gasteiger charge is -2.14. The summed E-state index contributed by atoms with van der Waals surface area (Å²) in [7, 11) is 0. The number of rotatable bonds is 3. The van der Waals surface area contributed by atoms with Crippen molar-refractivity contribution in [1.29, 1.82) is 0 Å². The van der Waals surface area contributed by atoms with E-state index in [-0.39, 0.29) is 17.9 Å². The zero-order valence-corrected chi connectivity index (χ0v) is 13.4. The van der Waals surface area contributed by atoms with E-state index in [0.717, 1.165) is 37.0 Å². The van der Waals surface area contributed by atoms with E-state index in [1.807, 2.05) is 0 Å². The fourth-order valence-corrected chi connectivity index (χ4v) is 4.69. The Hall–Kier alpha value is -0.870. The van der Waals surface area contributed by atoms with Gasteiger partial charge in [0.25, 0.3) is 5.91 Å². The van der Waals surface area contributed by atoms with Crippen LogP contribution in [-0.2, 0) is 12.8 Å². The number of nitrogens with one attached hydrogen (secondary N) is 1. The molecule has 21 heavy (non-hydrogen) atoms. The lowest BCUT2D eigenvalue weighted by Crippen LogP contribution is -2.32. The van der Waals surface area contributed by atoms with Crippen LogP contribution in [0.5, 0.6) is 0 Å². The van der Waals surface area contributed by atoms with Gasteiger partial charge in [0.2, 0.25) is 0 Å². The number of carbonyl (C=O) groups is 1. The van der Waals surface area contributed by atoms with Gasteiger partial charge in [0.15, 0.2) is 0 Å². The molecule has 116 valence electrons. The van der Waals surface area contributed by atoms with Crippen molar-refractivity contribution in [2.45, 2.75) is 63.9 Å². The van der Waals surface area contributed by atoms with Gasteiger partial charge in [0.05, 0.1) is 11.0 Å². The smallest absolute Gasteiger partial charge is 0.261 e. The molecule has 3 rings (SSSR count). The predicted octanol–water partition coefficient (Wildman–Crippen LogP) is 3.30. The Labute approximate surface area is 130 Å². The molecule has 1 saturated carbocycles. The molecule has 2 N–H and O–H groups in total. The van der Waals surface area contributed by atoms with Crippen LogP contribution >= 0.6 is 11.3 Å². The summed E-state index contributed by atoms with van der Waals surface area (Å²) >= 11 is 1.67. The first kappa shape index (κ1) is 15.0. The highest BCUT2D eigenvalue weighted by molar-refractivity contribution is 7.14. The molecule has 1 aromatic rings. The molecule has 2 aliphatic rings. The van der Waals surface area contributed by atoms with Crippen molar-refractivity contribution in [2.24, 2.45) is 5.92 Å². The number of hydrogen-bond donors (Lipinski definition) is 2. The quantitative estimate of drug-likeness (QED) is 0.900. The van der Waals surface area contributed by atoms with E-state index in [0.29, 0.717) is 6.54 Å². The Morgan fingerprint density at radius 3 is 2.76 bits per heavy atom. The van der Waals surface area contributed by atoms with Crippen LogP contribution in [0.15, 0.2) is 6.07 Å². The minimum atomic E-state index is -0.228. The SMILES string of the molecule is O=C(NCC1CCCC1O)c1cc2c(s1)CCCCCC2. The van der Waals surface area contributed by atoms with E-state index >= 15 is 0 Å². The molecule has 1 amide bonds. The molecule has 0 aromatic carbocycles. The van der Waals surface area contributed by atoms with Crippen LogP contribution in [0.3, 0.4) is 0 Å². The summed E-state index contributed by atoms with van der Waals surface area (Å²) in [6.45, 7) is 0.614. The molecule has 1 fully saturated rings. The summed E-state index contributed by atoms with van der Waals surface area (Å²) in [5.41, 5.74) is 1.39. The molecule has 0 bridgehead atoms. The summed E-state index contributed by atoms with van der Waals surface area (Å²) < 4.78 is 0. The minimum absolute atomic E-state index is 0.0471. The highest BCUT2D eigenvalue weighted by Crippen LogP contribution is 2.29. The third-order valence-electron chi connectivity index (χ3n) is 4.86. The molecule has 1 heterocycles. The van der Waals surface area contributed by atoms with E-state index in [2.05, 4.69) is 11.4 Å². The lowest BCUT2D eigenvalue weighted by atomic mass is 10.00. The second kappa shape index (κ2) is 6.93. The fourth-order valence-electron chi connectivity index (χ4n) is 3.52. The van der Waals surface area contributed by atoms with Gasteiger partial charge >= 0.3 is 0 Å². The molecule has 0 radical (unpaired) electrons. The van der Waals surface area contributed by atoms with Crippen LogP contribution in [0.2, 0.25) is 0 Å². The molecule has 3 nitrogen and oxygen atoms in total. The highest BCUT2D eigenvalue weighted by atomic mass is 32.1. The van der Waals surface area contributed by atoms with Gasteiger partial charge in [-0.2, -0.15) is 0 Å². The topological polar surface area (TPSA) is 49.3 Å². The summed E-state index contributed by atoms with van der Waals surface area (Å²) in [6, 6.07) is 2.10. The predicted molar refractivity (Wildman–Crippen MR) is 85.9 cm³/mol. The van der Waals surface area contributed by atoms with E-state index in [4.69, 9.17) is 0 Å². The van der Waals surface area contributed by atoms with E-state index < -0.39 is 0 Å². The van der Waals surface area contributed by atoms with Gasteiger partial charge in [0.1, 0.15) is 0 Å². The molecular weight excluding hydrogens is 282 g/mol. The first-order chi connectivity index (χ1) is 10.2. The second-order valence-corrected chi connectivity index (χ2v) is 7.58. The molecule has 1 aromatic heterocycles. The van der Waals surface area contributed by atoms with Gasteiger partial charge in [-0.25, -0.2) is 0 Å². The Morgan fingerprint density at radius 1 is 1.19 bits per heavy atom. The van der Waals surface area contributed by atoms with Crippen molar-refractivity contribution in [3.05, 3.63) is 21.4 Å². The number of aryl methyl sites for hydroxylation is 2. The number of fused-ring (bicyclic) bond motifs is 1. The van der Waals surface area contributed by atoms with Gasteiger partial charge < -0.3 is 10.4 Å². The molecule has 2 aliphatic carbocycles. The third kappa shape index (κ3) is 3.67. The van der Waals surface area contributed by atoms with E-state index in [1.54, 1.807) is 11.3 Å². The number of hydrogen-bond acceptors (Lipinski definition) is 3. The van der Waals surface area contributed by atoms with E-state index in [1.165, 1.54) is 36.1 Å². The lowest BCUT2D eigenvalue weighted by molar-refractivity contribution is 0.0920. The maximum Gasteiger partial charge on any atom is 0.261 e. The Kier molecular flexibility index (Phi) is 4.96. The van der Waals surface area contributed by atoms with Crippen molar-refractivity contribution in [3.8, 4) is 0 Å². The average molecular weight is 307 g/mol. The first-order valence-corrected chi connectivity index (χ1v) is 9.13. The van der Waals surface area contributed by atoms with Crippen molar-refractivity contribution in [2.75, 3.05) is 6.54 Å². The number of carbonyl (C=O) groups excluding carboxylic acids is 1. The summed E-state index contributed by atoms with van der Waals surface area (Å²) in [5.74, 6) is 0.292. The van der Waals surface area contributed by atoms with E-state index in [9.17, 15) is 9.90 Å². The molecule has 4 heteroatoms. The molecule has 2 atom stereocenters. The second-order valence-electron chi connectivity index (χ2n) is 6.44. The van der Waals surface area contributed by atoms with Crippen molar-refractivity contribution < 1.29 is 9.90 Å². The molecule has 0 spiro atoms. The Bertz CT molecular complexity index is 471. The Morgan fingerprint density at radius 2 is 2.00 bits per heavy atom. The third-order valence-corrected chi connectivity index (χ3v) is 6.10. The zero-order valence-electron chi connectivity index (χ0n) is 12.6. The fraction of sp³-hybridized carbons (Fsp3) is 0.706. The molecule has 0 aliphatic heterocycles. The van der Waals surface area contributed by atoms with Gasteiger partial charge in [-0.15, -0.1) is 11.3 Å². The molecular formula is C17H25NO2S. The van der Waals surface area contributed by atoms with Crippen LogP contribution in [0.4, 0.5) is 0 Å². The Balaban J connectivity index is 1.60. The number of aliphatic hydroxyl groups is 1. The van der Waals surface area contributed by atoms with Crippen LogP contribution in [0, 0.1) is 5.92 Å². The van der Waals surface area contributed by atoms with Crippen LogP contribution < -0.4 is 5.32 Å². The normalized spacial score (nSPS) is 26.0.